The van der Waals surface area contributed by atoms with Gasteiger partial charge in [0, 0.05) is 12.1 Å². The SMILES string of the molecule is Nc1nnc(C(NC(=O)c2n[nH]c3c2CCNC3)c2ccccc2)s1. The molecule has 0 aliphatic carbocycles. The molecule has 1 amide bonds. The Morgan fingerprint density at radius 2 is 2.12 bits per heavy atom. The van der Waals surface area contributed by atoms with Gasteiger partial charge in [-0.3, -0.25) is 9.89 Å². The summed E-state index contributed by atoms with van der Waals surface area (Å²) in [7, 11) is 0. The Morgan fingerprint density at radius 3 is 2.88 bits per heavy atom. The van der Waals surface area contributed by atoms with Gasteiger partial charge in [0.15, 0.2) is 5.69 Å². The normalized spacial score (nSPS) is 14.7. The zero-order valence-corrected chi connectivity index (χ0v) is 14.1. The molecule has 4 rings (SSSR count). The smallest absolute Gasteiger partial charge is 0.272 e. The van der Waals surface area contributed by atoms with Crippen molar-refractivity contribution in [2.75, 3.05) is 12.3 Å². The molecule has 0 saturated heterocycles. The first-order valence-corrected chi connectivity index (χ1v) is 8.75. The van der Waals surface area contributed by atoms with Crippen LogP contribution in [0.4, 0.5) is 5.13 Å². The third kappa shape index (κ3) is 3.11. The van der Waals surface area contributed by atoms with Crippen molar-refractivity contribution in [1.82, 2.24) is 31.0 Å². The van der Waals surface area contributed by atoms with Crippen molar-refractivity contribution in [3.63, 3.8) is 0 Å². The molecule has 0 saturated carbocycles. The number of benzene rings is 1. The fourth-order valence-corrected chi connectivity index (χ4v) is 3.62. The number of hydrogen-bond acceptors (Lipinski definition) is 7. The van der Waals surface area contributed by atoms with Gasteiger partial charge in [-0.2, -0.15) is 5.10 Å². The van der Waals surface area contributed by atoms with Crippen molar-refractivity contribution < 1.29 is 4.79 Å². The number of anilines is 1. The molecule has 3 heterocycles. The van der Waals surface area contributed by atoms with Crippen LogP contribution < -0.4 is 16.4 Å². The molecule has 9 heteroatoms. The number of hydrogen-bond donors (Lipinski definition) is 4. The van der Waals surface area contributed by atoms with Gasteiger partial charge in [0.25, 0.3) is 5.91 Å². The number of H-pyrrole nitrogens is 1. The maximum Gasteiger partial charge on any atom is 0.272 e. The number of aromatic amines is 1. The molecule has 1 atom stereocenters. The van der Waals surface area contributed by atoms with Crippen molar-refractivity contribution in [3.8, 4) is 0 Å². The van der Waals surface area contributed by atoms with Crippen LogP contribution in [0.1, 0.15) is 38.4 Å². The quantitative estimate of drug-likeness (QED) is 0.554. The lowest BCUT2D eigenvalue weighted by atomic mass is 10.0. The second-order valence-corrected chi connectivity index (χ2v) is 6.79. The first kappa shape index (κ1) is 15.7. The van der Waals surface area contributed by atoms with E-state index in [1.807, 2.05) is 30.3 Å². The number of aromatic nitrogens is 4. The number of nitrogens with one attached hydrogen (secondary N) is 3. The number of nitrogens with zero attached hydrogens (tertiary/aromatic N) is 3. The molecular weight excluding hydrogens is 338 g/mol. The summed E-state index contributed by atoms with van der Waals surface area (Å²) < 4.78 is 0. The molecule has 128 valence electrons. The summed E-state index contributed by atoms with van der Waals surface area (Å²) >= 11 is 1.26. The molecule has 0 fully saturated rings. The Kier molecular flexibility index (Phi) is 4.16. The van der Waals surface area contributed by atoms with Crippen LogP contribution in [-0.4, -0.2) is 32.8 Å². The van der Waals surface area contributed by atoms with Gasteiger partial charge >= 0.3 is 0 Å². The minimum absolute atomic E-state index is 0.234. The number of amides is 1. The highest BCUT2D eigenvalue weighted by Gasteiger charge is 2.26. The largest absolute Gasteiger partial charge is 0.374 e. The van der Waals surface area contributed by atoms with Gasteiger partial charge < -0.3 is 16.4 Å². The maximum atomic E-state index is 12.9. The molecule has 2 aromatic heterocycles. The first-order valence-electron chi connectivity index (χ1n) is 7.94. The highest BCUT2D eigenvalue weighted by atomic mass is 32.1. The average Bonchev–Trinajstić information content (AvgIpc) is 3.26. The molecular formula is C16H17N7OS. The summed E-state index contributed by atoms with van der Waals surface area (Å²) in [6, 6.07) is 9.21. The van der Waals surface area contributed by atoms with E-state index in [4.69, 9.17) is 5.73 Å². The number of nitrogen functional groups attached to an aromatic ring is 1. The van der Waals surface area contributed by atoms with Crippen molar-refractivity contribution >= 4 is 22.4 Å². The Bertz CT molecular complexity index is 889. The number of nitrogens with two attached hydrogens (primary N) is 1. The Morgan fingerprint density at radius 1 is 1.28 bits per heavy atom. The number of carbonyl (C=O) groups excluding carboxylic acids is 1. The minimum Gasteiger partial charge on any atom is -0.374 e. The second-order valence-electron chi connectivity index (χ2n) is 5.75. The molecule has 8 nitrogen and oxygen atoms in total. The van der Waals surface area contributed by atoms with Crippen molar-refractivity contribution in [2.24, 2.45) is 0 Å². The molecule has 3 aromatic rings. The van der Waals surface area contributed by atoms with Crippen LogP contribution in [0.3, 0.4) is 0 Å². The number of fused-ring (bicyclic) bond motifs is 1. The second kappa shape index (κ2) is 6.61. The van der Waals surface area contributed by atoms with Crippen LogP contribution in [0, 0.1) is 0 Å². The molecule has 5 N–H and O–H groups in total. The van der Waals surface area contributed by atoms with Crippen molar-refractivity contribution in [1.29, 1.82) is 0 Å². The van der Waals surface area contributed by atoms with E-state index in [9.17, 15) is 4.79 Å². The predicted octanol–water partition coefficient (Wildman–Crippen LogP) is 1.01. The highest BCUT2D eigenvalue weighted by Crippen LogP contribution is 2.26. The van der Waals surface area contributed by atoms with Gasteiger partial charge in [-0.15, -0.1) is 10.2 Å². The maximum absolute atomic E-state index is 12.9. The van der Waals surface area contributed by atoms with E-state index < -0.39 is 6.04 Å². The van der Waals surface area contributed by atoms with Crippen LogP contribution in [-0.2, 0) is 13.0 Å². The van der Waals surface area contributed by atoms with Gasteiger partial charge in [-0.25, -0.2) is 0 Å². The van der Waals surface area contributed by atoms with Crippen molar-refractivity contribution in [2.45, 2.75) is 19.0 Å². The number of rotatable bonds is 4. The Hall–Kier alpha value is -2.78. The summed E-state index contributed by atoms with van der Waals surface area (Å²) in [5.74, 6) is -0.234. The fourth-order valence-electron chi connectivity index (χ4n) is 2.93. The lowest BCUT2D eigenvalue weighted by Crippen LogP contribution is -2.31. The topological polar surface area (TPSA) is 122 Å². The molecule has 0 spiro atoms. The van der Waals surface area contributed by atoms with E-state index in [2.05, 4.69) is 31.0 Å². The van der Waals surface area contributed by atoms with Gasteiger partial charge in [0.05, 0.1) is 5.69 Å². The molecule has 1 unspecified atom stereocenters. The fraction of sp³-hybridized carbons (Fsp3) is 0.250. The van der Waals surface area contributed by atoms with E-state index in [-0.39, 0.29) is 5.91 Å². The molecule has 1 aliphatic rings. The number of carbonyl (C=O) groups is 1. The molecule has 25 heavy (non-hydrogen) atoms. The highest BCUT2D eigenvalue weighted by molar-refractivity contribution is 7.15. The molecule has 0 bridgehead atoms. The molecule has 1 aromatic carbocycles. The predicted molar refractivity (Wildman–Crippen MR) is 94.1 cm³/mol. The van der Waals surface area contributed by atoms with Crippen molar-refractivity contribution in [3.05, 3.63) is 57.9 Å². The summed E-state index contributed by atoms with van der Waals surface area (Å²) in [5.41, 5.74) is 9.01. The minimum atomic E-state index is -0.419. The zero-order valence-electron chi connectivity index (χ0n) is 13.3. The van der Waals surface area contributed by atoms with Crippen LogP contribution in [0.5, 0.6) is 0 Å². The zero-order chi connectivity index (χ0) is 17.2. The van der Waals surface area contributed by atoms with Gasteiger partial charge in [-0.05, 0) is 18.5 Å². The van der Waals surface area contributed by atoms with E-state index in [0.29, 0.717) is 22.4 Å². The van der Waals surface area contributed by atoms with Gasteiger partial charge in [0.1, 0.15) is 11.0 Å². The lowest BCUT2D eigenvalue weighted by molar-refractivity contribution is 0.0936. The standard InChI is InChI=1S/C16H17N7OS/c17-16-23-22-15(25-16)12(9-4-2-1-3-5-9)19-14(24)13-10-6-7-18-8-11(10)20-21-13/h1-5,12,18H,6-8H2,(H2,17,23)(H,19,24)(H,20,21). The Labute approximate surface area is 147 Å². The lowest BCUT2D eigenvalue weighted by Gasteiger charge is -2.17. The van der Waals surface area contributed by atoms with E-state index in [1.54, 1.807) is 0 Å². The van der Waals surface area contributed by atoms with Crippen LogP contribution in [0.25, 0.3) is 0 Å². The monoisotopic (exact) mass is 355 g/mol. The third-order valence-corrected chi connectivity index (χ3v) is 4.95. The van der Waals surface area contributed by atoms with E-state index in [0.717, 1.165) is 29.8 Å². The van der Waals surface area contributed by atoms with E-state index in [1.165, 1.54) is 11.3 Å². The third-order valence-electron chi connectivity index (χ3n) is 4.13. The first-order chi connectivity index (χ1) is 12.2. The van der Waals surface area contributed by atoms with E-state index >= 15 is 0 Å². The summed E-state index contributed by atoms with van der Waals surface area (Å²) in [6.45, 7) is 1.53. The summed E-state index contributed by atoms with van der Waals surface area (Å²) in [6.07, 6.45) is 0.774. The van der Waals surface area contributed by atoms with Crippen LogP contribution >= 0.6 is 11.3 Å². The van der Waals surface area contributed by atoms with Gasteiger partial charge in [0.2, 0.25) is 5.13 Å². The summed E-state index contributed by atoms with van der Waals surface area (Å²) in [5, 5.41) is 22.4. The average molecular weight is 355 g/mol. The molecule has 1 aliphatic heterocycles. The van der Waals surface area contributed by atoms with Gasteiger partial charge in [-0.1, -0.05) is 41.7 Å². The summed E-state index contributed by atoms with van der Waals surface area (Å²) in [4.78, 5) is 12.9. The molecule has 0 radical (unpaired) electrons. The Balaban J connectivity index is 1.65. The van der Waals surface area contributed by atoms with Crippen LogP contribution in [0.2, 0.25) is 0 Å². The van der Waals surface area contributed by atoms with Crippen LogP contribution in [0.15, 0.2) is 30.3 Å².